The zero-order chi connectivity index (χ0) is 46.1. The number of carbonyl (C=O) groups is 2. The van der Waals surface area contributed by atoms with Crippen LogP contribution < -0.4 is 5.32 Å². The van der Waals surface area contributed by atoms with Crippen molar-refractivity contribution in [2.75, 3.05) is 20.7 Å². The zero-order valence-corrected chi connectivity index (χ0v) is 49.4. The number of carbonyl (C=O) groups excluding carboxylic acids is 3. The van der Waals surface area contributed by atoms with Gasteiger partial charge in [-0.15, -0.1) is 6.42 Å². The molecular weight excluding hydrogens is 1270 g/mol. The number of aliphatic hydroxyl groups excluding tert-OH is 2. The molecule has 0 radical (unpaired) electrons. The van der Waals surface area contributed by atoms with E-state index in [9.17, 15) is 29.7 Å². The molecule has 2 heterocycles. The second-order valence-corrected chi connectivity index (χ2v) is 18.7. The van der Waals surface area contributed by atoms with Crippen molar-refractivity contribution in [3.05, 3.63) is 67.9 Å². The van der Waals surface area contributed by atoms with Gasteiger partial charge in [0, 0.05) is 43.7 Å². The summed E-state index contributed by atoms with van der Waals surface area (Å²) in [6.45, 7) is 13.9. The number of Topliss-reactive ketones (excluding diaryl/α,β-unsaturated/α-hetero) is 2. The Morgan fingerprint density at radius 3 is 2.35 bits per heavy atom. The zero-order valence-electron chi connectivity index (χ0n) is 41.1. The fourth-order valence-electron chi connectivity index (χ4n) is 9.16. The summed E-state index contributed by atoms with van der Waals surface area (Å²) in [5.74, 6) is -3.45. The number of hydrogen-bond donors (Lipinski definition) is 6. The standard InChI is InChI=1S/C50H79N4O8.CH3.2U/c1-32(25-36(5)45(57)30-46(58)37(6)27-35(4)42(51)22-18-33(2)26-39-20-23-44(56)43(28-39)53-8)15-11-10-12-16-34(3)47(61-9)29-41-21-19-38(7)50(60,62-41)48(59)49(52)54-24-14-13-17-40(54)31-55;;;/h10-12,15-16,18,27,30,32-33,35-36,38-41,43-44,46-47,51-53,56,58,60H,13-14,17,19-26,28-29H2,1-9H3;1H3;;/q-3;-1;2*+2/b12-10+,15-11+,34-16+,37-27+,51-42?,52-49?;;;/t32-,33+,35-,36-,38-,39?,40+,41+,43-,44-,46+,47+,50-;;;/m1.../s1. The van der Waals surface area contributed by atoms with Gasteiger partial charge in [0.25, 0.3) is 5.78 Å². The summed E-state index contributed by atoms with van der Waals surface area (Å²) in [5, 5.41) is 53.0. The Kier molecular flexibility index (Phi) is 31.3. The van der Waals surface area contributed by atoms with Gasteiger partial charge < -0.3 is 63.9 Å². The predicted octanol–water partition coefficient (Wildman–Crippen LogP) is 7.68. The third-order valence-electron chi connectivity index (χ3n) is 13.5. The van der Waals surface area contributed by atoms with E-state index in [1.165, 1.54) is 11.3 Å². The minimum Gasteiger partial charge on any atom is -0.540 e. The van der Waals surface area contributed by atoms with E-state index in [4.69, 9.17) is 20.3 Å². The van der Waals surface area contributed by atoms with Crippen LogP contribution >= 0.6 is 0 Å². The molecule has 3 aliphatic rings. The molecule has 0 spiro atoms. The van der Waals surface area contributed by atoms with Crippen molar-refractivity contribution in [3.8, 4) is 0 Å². The molecule has 362 valence electrons. The van der Waals surface area contributed by atoms with Crippen LogP contribution in [-0.2, 0) is 23.9 Å². The maximum Gasteiger partial charge on any atom is 2.00 e. The van der Waals surface area contributed by atoms with Crippen molar-refractivity contribution >= 4 is 29.4 Å². The van der Waals surface area contributed by atoms with Crippen LogP contribution in [0.4, 0.5) is 0 Å². The Morgan fingerprint density at radius 2 is 1.71 bits per heavy atom. The number of likely N-dealkylation sites (N-methyl/N-ethyl adjacent to an activating group) is 1. The molecule has 2 saturated heterocycles. The average Bonchev–Trinajstić information content (AvgIpc) is 3.25. The average molecular weight is 1360 g/mol. The Balaban J connectivity index is 0.0000137. The molecule has 0 bridgehead atoms. The van der Waals surface area contributed by atoms with Gasteiger partial charge in [-0.05, 0) is 101 Å². The van der Waals surface area contributed by atoms with Crippen molar-refractivity contribution in [1.82, 2.24) is 10.2 Å². The van der Waals surface area contributed by atoms with E-state index < -0.39 is 41.6 Å². The predicted molar refractivity (Wildman–Crippen MR) is 253 cm³/mol. The molecular formula is C51H82N4O8U2. The van der Waals surface area contributed by atoms with Gasteiger partial charge in [-0.25, -0.2) is 6.29 Å². The van der Waals surface area contributed by atoms with Crippen LogP contribution in [0.25, 0.3) is 0 Å². The number of rotatable bonds is 24. The topological polar surface area (TPSA) is 193 Å². The first-order chi connectivity index (χ1) is 29.3. The van der Waals surface area contributed by atoms with Crippen molar-refractivity contribution < 1.29 is 101 Å². The number of ketones is 2. The molecule has 2 aliphatic heterocycles. The second kappa shape index (κ2) is 31.9. The number of hydrogen-bond acceptors (Lipinski definition) is 11. The van der Waals surface area contributed by atoms with E-state index in [1.807, 2.05) is 77.5 Å². The number of methoxy groups -OCH3 is 1. The van der Waals surface area contributed by atoms with Crippen molar-refractivity contribution in [3.63, 3.8) is 0 Å². The van der Waals surface area contributed by atoms with E-state index in [1.54, 1.807) is 21.0 Å². The fourth-order valence-corrected chi connectivity index (χ4v) is 9.16. The summed E-state index contributed by atoms with van der Waals surface area (Å²) >= 11 is 0. The van der Waals surface area contributed by atoms with Crippen molar-refractivity contribution in [2.24, 2.45) is 35.5 Å². The number of likely N-dealkylation sites (tertiary alicyclic amines) is 1. The third-order valence-corrected chi connectivity index (χ3v) is 13.5. The summed E-state index contributed by atoms with van der Waals surface area (Å²) in [6, 6.07) is -0.522. The Bertz CT molecular complexity index is 1620. The Labute approximate surface area is 440 Å². The molecule has 3 fully saturated rings. The number of aliphatic hydroxyl groups is 3. The molecule has 0 aromatic heterocycles. The molecule has 1 unspecified atom stereocenters. The maximum atomic E-state index is 13.5. The first-order valence-corrected chi connectivity index (χ1v) is 23.1. The SMILES string of the molecule is CN[C@@H]1CC(C[C@@H](C)[CH-]CC(=N)[C@H](C)/C=C(\C)[C@@H](O)[CH-]C(=O)[C@H](C)C[C@H](C)/C=C/C=C/C=C(\C)[C@H](C[C@@H]2CC[C@@H](C)[C@](O)(C(=O)C(=N)N3CCCC[C@H]3[C-]=O)O2)OC)CC[C@H]1O.[CH3-].[U+2].[U+2]. The van der Waals surface area contributed by atoms with Crippen LogP contribution in [0.3, 0.4) is 0 Å². The molecule has 12 nitrogen and oxygen atoms in total. The molecule has 3 rings (SSSR count). The summed E-state index contributed by atoms with van der Waals surface area (Å²) in [6.07, 6.45) is 23.8. The largest absolute Gasteiger partial charge is 2.00 e. The van der Waals surface area contributed by atoms with E-state index in [-0.39, 0.29) is 111 Å². The van der Waals surface area contributed by atoms with Crippen LogP contribution in [0, 0.1) is 129 Å². The first kappa shape index (κ1) is 63.8. The molecule has 14 heteroatoms. The van der Waals surface area contributed by atoms with Gasteiger partial charge in [0.1, 0.15) is 0 Å². The van der Waals surface area contributed by atoms with Crippen LogP contribution in [0.5, 0.6) is 0 Å². The van der Waals surface area contributed by atoms with Crippen molar-refractivity contribution in [1.29, 1.82) is 10.8 Å². The van der Waals surface area contributed by atoms with Gasteiger partial charge in [0.2, 0.25) is 5.79 Å². The number of nitrogens with one attached hydrogen (secondary N) is 3. The Hall–Kier alpha value is -1.16. The van der Waals surface area contributed by atoms with Gasteiger partial charge in [0.15, 0.2) is 5.84 Å². The summed E-state index contributed by atoms with van der Waals surface area (Å²) < 4.78 is 11.9. The molecule has 0 aromatic rings. The number of ether oxygens (including phenoxy) is 2. The van der Waals surface area contributed by atoms with E-state index in [0.717, 1.165) is 44.1 Å². The fraction of sp³-hybridized carbons (Fsp3) is 0.686. The van der Waals surface area contributed by atoms with Crippen LogP contribution in [0.1, 0.15) is 126 Å². The van der Waals surface area contributed by atoms with Gasteiger partial charge in [-0.2, -0.15) is 5.92 Å². The normalized spacial score (nSPS) is 28.1. The van der Waals surface area contributed by atoms with E-state index >= 15 is 0 Å². The quantitative estimate of drug-likeness (QED) is 0.0184. The summed E-state index contributed by atoms with van der Waals surface area (Å²) in [7, 11) is 3.51. The smallest absolute Gasteiger partial charge is 0.540 e. The Morgan fingerprint density at radius 1 is 1.02 bits per heavy atom. The third kappa shape index (κ3) is 20.0. The summed E-state index contributed by atoms with van der Waals surface area (Å²) in [5.41, 5.74) is 2.16. The first-order valence-electron chi connectivity index (χ1n) is 23.1. The molecule has 0 aromatic carbocycles. The second-order valence-electron chi connectivity index (χ2n) is 18.7. The van der Waals surface area contributed by atoms with Gasteiger partial charge in [-0.1, -0.05) is 102 Å². The maximum absolute atomic E-state index is 13.5. The van der Waals surface area contributed by atoms with E-state index in [0.29, 0.717) is 68.2 Å². The minimum absolute atomic E-state index is 0. The van der Waals surface area contributed by atoms with Crippen LogP contribution in [0.15, 0.2) is 47.6 Å². The van der Waals surface area contributed by atoms with Gasteiger partial charge >= 0.3 is 62.2 Å². The molecule has 0 amide bonds. The van der Waals surface area contributed by atoms with Crippen molar-refractivity contribution in [2.45, 2.75) is 168 Å². The molecule has 6 N–H and O–H groups in total. The van der Waals surface area contributed by atoms with Crippen LogP contribution in [-0.4, -0.2) is 113 Å². The minimum atomic E-state index is -2.17. The molecule has 1 saturated carbocycles. The number of piperidine rings is 1. The van der Waals surface area contributed by atoms with Crippen LogP contribution in [0.2, 0.25) is 0 Å². The van der Waals surface area contributed by atoms with Gasteiger partial charge in [-0.3, -0.25) is 16.6 Å². The number of allylic oxidation sites excluding steroid dienone is 6. The molecule has 1 aliphatic carbocycles. The molecule has 65 heavy (non-hydrogen) atoms. The van der Waals surface area contributed by atoms with E-state index in [2.05, 4.69) is 18.7 Å². The van der Waals surface area contributed by atoms with Gasteiger partial charge in [0.05, 0.1) is 18.3 Å². The summed E-state index contributed by atoms with van der Waals surface area (Å²) in [4.78, 5) is 39.5. The monoisotopic (exact) mass is 1350 g/mol. The molecule has 13 atom stereocenters. The number of nitrogens with zero attached hydrogens (tertiary/aromatic N) is 1. The number of amidine groups is 1.